The van der Waals surface area contributed by atoms with Crippen LogP contribution in [0.3, 0.4) is 0 Å². The molecule has 0 aliphatic carbocycles. The van der Waals surface area contributed by atoms with E-state index in [1.54, 1.807) is 18.4 Å². The number of guanidine groups is 1. The molecule has 0 amide bonds. The van der Waals surface area contributed by atoms with Crippen molar-refractivity contribution in [1.29, 1.82) is 0 Å². The molecule has 1 heterocycles. The molecule has 5 heteroatoms. The summed E-state index contributed by atoms with van der Waals surface area (Å²) in [5.41, 5.74) is 0. The highest BCUT2D eigenvalue weighted by atomic mass is 32.1. The lowest BCUT2D eigenvalue weighted by Gasteiger charge is -2.15. The van der Waals surface area contributed by atoms with Crippen molar-refractivity contribution in [3.05, 3.63) is 16.1 Å². The predicted molar refractivity (Wildman–Crippen MR) is 74.8 cm³/mol. The molecule has 0 fully saturated rings. The van der Waals surface area contributed by atoms with Gasteiger partial charge in [0.2, 0.25) is 0 Å². The van der Waals surface area contributed by atoms with Gasteiger partial charge in [0.15, 0.2) is 5.96 Å². The average Bonchev–Trinajstić information content (AvgIpc) is 2.73. The highest BCUT2D eigenvalue weighted by Crippen LogP contribution is 2.10. The summed E-state index contributed by atoms with van der Waals surface area (Å²) in [5.74, 6) is 0.868. The Morgan fingerprint density at radius 1 is 1.59 bits per heavy atom. The lowest BCUT2D eigenvalue weighted by molar-refractivity contribution is 0.624. The molecule has 0 saturated carbocycles. The Balaban J connectivity index is 2.29. The Bertz CT molecular complexity index is 359. The number of aromatic nitrogens is 1. The van der Waals surface area contributed by atoms with Crippen molar-refractivity contribution < 1.29 is 0 Å². The fourth-order valence-electron chi connectivity index (χ4n) is 1.33. The van der Waals surface area contributed by atoms with Crippen LogP contribution in [0.15, 0.2) is 11.2 Å². The third-order valence-corrected chi connectivity index (χ3v) is 3.49. The average molecular weight is 254 g/mol. The van der Waals surface area contributed by atoms with Crippen molar-refractivity contribution in [1.82, 2.24) is 15.6 Å². The van der Waals surface area contributed by atoms with Crippen LogP contribution in [0.2, 0.25) is 0 Å². The molecule has 1 unspecified atom stereocenters. The Labute approximate surface area is 108 Å². The van der Waals surface area contributed by atoms with Crippen molar-refractivity contribution in [2.75, 3.05) is 13.6 Å². The number of aryl methyl sites for hydroxylation is 1. The van der Waals surface area contributed by atoms with E-state index >= 15 is 0 Å². The van der Waals surface area contributed by atoms with Crippen LogP contribution in [0.5, 0.6) is 0 Å². The standard InChI is InChI=1S/C12H22N4S/c1-5-9(2)16-12(13-4)14-7-6-11-15-8-10(3)17-11/h8-9H,5-7H2,1-4H3,(H2,13,14,16). The van der Waals surface area contributed by atoms with E-state index in [1.165, 1.54) is 9.88 Å². The zero-order chi connectivity index (χ0) is 12.7. The van der Waals surface area contributed by atoms with E-state index in [4.69, 9.17) is 0 Å². The summed E-state index contributed by atoms with van der Waals surface area (Å²) in [4.78, 5) is 9.79. The number of nitrogens with zero attached hydrogens (tertiary/aromatic N) is 2. The van der Waals surface area contributed by atoms with Crippen LogP contribution in [0.25, 0.3) is 0 Å². The maximum atomic E-state index is 4.33. The van der Waals surface area contributed by atoms with E-state index in [1.807, 2.05) is 6.20 Å². The van der Waals surface area contributed by atoms with Gasteiger partial charge in [-0.2, -0.15) is 0 Å². The molecule has 0 radical (unpaired) electrons. The monoisotopic (exact) mass is 254 g/mol. The number of rotatable bonds is 5. The molecule has 0 bridgehead atoms. The second kappa shape index (κ2) is 7.27. The van der Waals surface area contributed by atoms with Gasteiger partial charge < -0.3 is 10.6 Å². The molecule has 1 rings (SSSR count). The maximum Gasteiger partial charge on any atom is 0.191 e. The third kappa shape index (κ3) is 5.17. The van der Waals surface area contributed by atoms with Crippen LogP contribution < -0.4 is 10.6 Å². The van der Waals surface area contributed by atoms with Gasteiger partial charge in [-0.05, 0) is 20.3 Å². The van der Waals surface area contributed by atoms with Gasteiger partial charge in [-0.15, -0.1) is 11.3 Å². The highest BCUT2D eigenvalue weighted by molar-refractivity contribution is 7.11. The van der Waals surface area contributed by atoms with Crippen molar-refractivity contribution in [3.63, 3.8) is 0 Å². The van der Waals surface area contributed by atoms with Gasteiger partial charge >= 0.3 is 0 Å². The normalized spacial score (nSPS) is 13.5. The van der Waals surface area contributed by atoms with Crippen molar-refractivity contribution in [2.24, 2.45) is 4.99 Å². The van der Waals surface area contributed by atoms with Gasteiger partial charge in [-0.25, -0.2) is 4.98 Å². The quantitative estimate of drug-likeness (QED) is 0.624. The number of aliphatic imine (C=N–C) groups is 1. The van der Waals surface area contributed by atoms with Crippen LogP contribution >= 0.6 is 11.3 Å². The molecule has 96 valence electrons. The molecule has 0 aliphatic heterocycles. The SMILES string of the molecule is CCC(C)NC(=NC)NCCc1ncc(C)s1. The summed E-state index contributed by atoms with van der Waals surface area (Å²) in [6, 6.07) is 0.448. The number of hydrogen-bond acceptors (Lipinski definition) is 3. The van der Waals surface area contributed by atoms with E-state index < -0.39 is 0 Å². The Hall–Kier alpha value is -1.10. The van der Waals surface area contributed by atoms with Crippen LogP contribution in [-0.2, 0) is 6.42 Å². The topological polar surface area (TPSA) is 49.3 Å². The lowest BCUT2D eigenvalue weighted by atomic mass is 10.3. The first-order valence-electron chi connectivity index (χ1n) is 6.04. The fourth-order valence-corrected chi connectivity index (χ4v) is 2.12. The van der Waals surface area contributed by atoms with Gasteiger partial charge in [0.25, 0.3) is 0 Å². The van der Waals surface area contributed by atoms with Gasteiger partial charge in [0, 0.05) is 37.1 Å². The molecule has 1 atom stereocenters. The van der Waals surface area contributed by atoms with Gasteiger partial charge in [0.05, 0.1) is 5.01 Å². The Morgan fingerprint density at radius 2 is 2.35 bits per heavy atom. The van der Waals surface area contributed by atoms with Crippen LogP contribution in [-0.4, -0.2) is 30.6 Å². The predicted octanol–water partition coefficient (Wildman–Crippen LogP) is 1.96. The Kier molecular flexibility index (Phi) is 5.97. The minimum Gasteiger partial charge on any atom is -0.356 e. The van der Waals surface area contributed by atoms with E-state index in [9.17, 15) is 0 Å². The largest absolute Gasteiger partial charge is 0.356 e. The zero-order valence-corrected chi connectivity index (χ0v) is 11.9. The molecule has 0 spiro atoms. The molecular weight excluding hydrogens is 232 g/mol. The summed E-state index contributed by atoms with van der Waals surface area (Å²) < 4.78 is 0. The zero-order valence-electron chi connectivity index (χ0n) is 11.1. The van der Waals surface area contributed by atoms with E-state index in [-0.39, 0.29) is 0 Å². The molecule has 4 nitrogen and oxygen atoms in total. The summed E-state index contributed by atoms with van der Waals surface area (Å²) in [7, 11) is 1.80. The summed E-state index contributed by atoms with van der Waals surface area (Å²) in [6.07, 6.45) is 3.96. The fraction of sp³-hybridized carbons (Fsp3) is 0.667. The highest BCUT2D eigenvalue weighted by Gasteiger charge is 2.03. The van der Waals surface area contributed by atoms with Crippen molar-refractivity contribution in [3.8, 4) is 0 Å². The van der Waals surface area contributed by atoms with Crippen LogP contribution in [0, 0.1) is 6.92 Å². The molecule has 0 saturated heterocycles. The van der Waals surface area contributed by atoms with Gasteiger partial charge in [-0.1, -0.05) is 6.92 Å². The number of thiazole rings is 1. The first kappa shape index (κ1) is 14.0. The molecular formula is C12H22N4S. The minimum absolute atomic E-state index is 0.448. The summed E-state index contributed by atoms with van der Waals surface area (Å²) in [5, 5.41) is 7.80. The first-order chi connectivity index (χ1) is 8.15. The minimum atomic E-state index is 0.448. The number of nitrogens with one attached hydrogen (secondary N) is 2. The second-order valence-corrected chi connectivity index (χ2v) is 5.39. The molecule has 0 aromatic carbocycles. The Morgan fingerprint density at radius 3 is 2.88 bits per heavy atom. The molecule has 1 aromatic heterocycles. The lowest BCUT2D eigenvalue weighted by Crippen LogP contribution is -2.42. The van der Waals surface area contributed by atoms with E-state index in [2.05, 4.69) is 41.4 Å². The molecule has 17 heavy (non-hydrogen) atoms. The second-order valence-electron chi connectivity index (χ2n) is 4.07. The number of hydrogen-bond donors (Lipinski definition) is 2. The van der Waals surface area contributed by atoms with E-state index in [0.29, 0.717) is 6.04 Å². The van der Waals surface area contributed by atoms with Crippen molar-refractivity contribution in [2.45, 2.75) is 39.7 Å². The van der Waals surface area contributed by atoms with Crippen molar-refractivity contribution >= 4 is 17.3 Å². The van der Waals surface area contributed by atoms with Crippen LogP contribution in [0.1, 0.15) is 30.2 Å². The first-order valence-corrected chi connectivity index (χ1v) is 6.85. The molecule has 0 aliphatic rings. The van der Waals surface area contributed by atoms with Crippen LogP contribution in [0.4, 0.5) is 0 Å². The summed E-state index contributed by atoms with van der Waals surface area (Å²) >= 11 is 1.75. The molecule has 1 aromatic rings. The van der Waals surface area contributed by atoms with Gasteiger partial charge in [0.1, 0.15) is 0 Å². The third-order valence-electron chi connectivity index (χ3n) is 2.52. The molecule has 2 N–H and O–H groups in total. The smallest absolute Gasteiger partial charge is 0.191 e. The summed E-state index contributed by atoms with van der Waals surface area (Å²) in [6.45, 7) is 7.25. The maximum absolute atomic E-state index is 4.33. The van der Waals surface area contributed by atoms with Gasteiger partial charge in [-0.3, -0.25) is 4.99 Å². The van der Waals surface area contributed by atoms with E-state index in [0.717, 1.165) is 25.3 Å².